The average Bonchev–Trinajstić information content (AvgIpc) is 2.74. The molecule has 3 aromatic rings. The molecule has 7 heteroatoms. The molecule has 0 saturated carbocycles. The Hall–Kier alpha value is -3.74. The molecule has 142 valence electrons. The molecule has 1 amide bonds. The van der Waals surface area contributed by atoms with Crippen LogP contribution in [0.3, 0.4) is 0 Å². The predicted octanol–water partition coefficient (Wildman–Crippen LogP) is 3.52. The summed E-state index contributed by atoms with van der Waals surface area (Å²) in [5.41, 5.74) is 2.60. The molecule has 0 aliphatic heterocycles. The maximum absolute atomic E-state index is 12.2. The van der Waals surface area contributed by atoms with E-state index in [-0.39, 0.29) is 5.91 Å². The van der Waals surface area contributed by atoms with Gasteiger partial charge >= 0.3 is 5.97 Å². The first-order valence-corrected chi connectivity index (χ1v) is 8.83. The third kappa shape index (κ3) is 4.91. The van der Waals surface area contributed by atoms with Gasteiger partial charge in [-0.05, 0) is 48.9 Å². The summed E-state index contributed by atoms with van der Waals surface area (Å²) in [6.45, 7) is 2.54. The lowest BCUT2D eigenvalue weighted by Gasteiger charge is -2.11. The summed E-state index contributed by atoms with van der Waals surface area (Å²) in [7, 11) is 0. The minimum atomic E-state index is -0.410. The van der Waals surface area contributed by atoms with Crippen LogP contribution < -0.4 is 10.6 Å². The molecule has 0 saturated heterocycles. The van der Waals surface area contributed by atoms with Gasteiger partial charge in [-0.2, -0.15) is 0 Å². The van der Waals surface area contributed by atoms with Crippen LogP contribution in [0.5, 0.6) is 0 Å². The van der Waals surface area contributed by atoms with Gasteiger partial charge in [-0.3, -0.25) is 9.78 Å². The first kappa shape index (κ1) is 19.0. The maximum atomic E-state index is 12.2. The van der Waals surface area contributed by atoms with Crippen molar-refractivity contribution in [2.24, 2.45) is 0 Å². The van der Waals surface area contributed by atoms with Crippen molar-refractivity contribution in [3.05, 3.63) is 83.8 Å². The van der Waals surface area contributed by atoms with Crippen LogP contribution in [0.15, 0.2) is 67.1 Å². The Kier molecular flexibility index (Phi) is 6.30. The molecule has 0 radical (unpaired) electrons. The number of carbonyl (C=O) groups is 2. The van der Waals surface area contributed by atoms with Gasteiger partial charge in [-0.25, -0.2) is 9.78 Å². The molecule has 2 aromatic heterocycles. The topological polar surface area (TPSA) is 93.2 Å². The van der Waals surface area contributed by atoms with Crippen molar-refractivity contribution in [2.45, 2.75) is 13.5 Å². The van der Waals surface area contributed by atoms with E-state index in [2.05, 4.69) is 20.6 Å². The van der Waals surface area contributed by atoms with Crippen molar-refractivity contribution >= 4 is 23.4 Å². The molecule has 0 unspecified atom stereocenters. The van der Waals surface area contributed by atoms with Gasteiger partial charge in [-0.1, -0.05) is 12.1 Å². The van der Waals surface area contributed by atoms with Gasteiger partial charge in [0.1, 0.15) is 11.4 Å². The molecule has 2 N–H and O–H groups in total. The molecule has 1 aromatic carbocycles. The fraction of sp³-hybridized carbons (Fsp3) is 0.143. The van der Waals surface area contributed by atoms with Crippen LogP contribution in [-0.4, -0.2) is 28.5 Å². The zero-order valence-electron chi connectivity index (χ0n) is 15.4. The third-order valence-corrected chi connectivity index (χ3v) is 3.92. The van der Waals surface area contributed by atoms with Crippen LogP contribution in [0.1, 0.15) is 33.2 Å². The Morgan fingerprint density at radius 1 is 1.00 bits per heavy atom. The SMILES string of the molecule is CCOC(=O)c1cccnc1NCc1ccc(NC(=O)c2ccncc2)cc1. The lowest BCUT2D eigenvalue weighted by molar-refractivity contribution is 0.0527. The fourth-order valence-corrected chi connectivity index (χ4v) is 2.52. The van der Waals surface area contributed by atoms with E-state index in [9.17, 15) is 9.59 Å². The Morgan fingerprint density at radius 2 is 1.75 bits per heavy atom. The second kappa shape index (κ2) is 9.27. The van der Waals surface area contributed by atoms with E-state index < -0.39 is 5.97 Å². The zero-order valence-corrected chi connectivity index (χ0v) is 15.4. The summed E-state index contributed by atoms with van der Waals surface area (Å²) < 4.78 is 5.05. The summed E-state index contributed by atoms with van der Waals surface area (Å²) in [5.74, 6) is -0.135. The maximum Gasteiger partial charge on any atom is 0.341 e. The van der Waals surface area contributed by atoms with Crippen LogP contribution >= 0.6 is 0 Å². The molecule has 2 heterocycles. The number of rotatable bonds is 7. The summed E-state index contributed by atoms with van der Waals surface area (Å²) >= 11 is 0. The Morgan fingerprint density at radius 3 is 2.46 bits per heavy atom. The van der Waals surface area contributed by atoms with Crippen LogP contribution in [0.2, 0.25) is 0 Å². The van der Waals surface area contributed by atoms with Gasteiger partial charge < -0.3 is 15.4 Å². The molecular formula is C21H20N4O3. The van der Waals surface area contributed by atoms with Gasteiger partial charge in [0.25, 0.3) is 5.91 Å². The van der Waals surface area contributed by atoms with Crippen LogP contribution in [0.4, 0.5) is 11.5 Å². The second-order valence-corrected chi connectivity index (χ2v) is 5.86. The van der Waals surface area contributed by atoms with Gasteiger partial charge in [0.05, 0.1) is 6.61 Å². The lowest BCUT2D eigenvalue weighted by atomic mass is 10.2. The molecule has 0 atom stereocenters. The number of pyridine rings is 2. The molecule has 7 nitrogen and oxygen atoms in total. The summed E-state index contributed by atoms with van der Waals surface area (Å²) in [6, 6.07) is 14.1. The number of ether oxygens (including phenoxy) is 1. The number of hydrogen-bond acceptors (Lipinski definition) is 6. The fourth-order valence-electron chi connectivity index (χ4n) is 2.52. The quantitative estimate of drug-likeness (QED) is 0.613. The third-order valence-electron chi connectivity index (χ3n) is 3.92. The molecule has 28 heavy (non-hydrogen) atoms. The highest BCUT2D eigenvalue weighted by Crippen LogP contribution is 2.16. The van der Waals surface area contributed by atoms with Crippen molar-refractivity contribution in [1.82, 2.24) is 9.97 Å². The van der Waals surface area contributed by atoms with Crippen molar-refractivity contribution in [3.8, 4) is 0 Å². The van der Waals surface area contributed by atoms with Crippen molar-refractivity contribution < 1.29 is 14.3 Å². The average molecular weight is 376 g/mol. The molecule has 3 rings (SSSR count). The highest BCUT2D eigenvalue weighted by molar-refractivity contribution is 6.04. The van der Waals surface area contributed by atoms with E-state index in [1.54, 1.807) is 49.8 Å². The smallest absolute Gasteiger partial charge is 0.341 e. The Balaban J connectivity index is 1.61. The zero-order chi connectivity index (χ0) is 19.8. The van der Waals surface area contributed by atoms with E-state index in [4.69, 9.17) is 4.74 Å². The van der Waals surface area contributed by atoms with Crippen LogP contribution in [0, 0.1) is 0 Å². The number of benzene rings is 1. The van der Waals surface area contributed by atoms with E-state index in [0.717, 1.165) is 5.56 Å². The number of anilines is 2. The number of esters is 1. The second-order valence-electron chi connectivity index (χ2n) is 5.86. The standard InChI is InChI=1S/C21H20N4O3/c1-2-28-21(27)18-4-3-11-23-19(18)24-14-15-5-7-17(8-6-15)25-20(26)16-9-12-22-13-10-16/h3-13H,2,14H2,1H3,(H,23,24)(H,25,26). The van der Waals surface area contributed by atoms with Crippen molar-refractivity contribution in [1.29, 1.82) is 0 Å². The summed E-state index contributed by atoms with van der Waals surface area (Å²) in [4.78, 5) is 32.3. The highest BCUT2D eigenvalue weighted by Gasteiger charge is 2.13. The van der Waals surface area contributed by atoms with Gasteiger partial charge in [0.2, 0.25) is 0 Å². The van der Waals surface area contributed by atoms with Gasteiger partial charge in [0, 0.05) is 36.4 Å². The Labute approximate surface area is 162 Å². The molecule has 0 aliphatic rings. The largest absolute Gasteiger partial charge is 0.462 e. The number of amides is 1. The van der Waals surface area contributed by atoms with Crippen molar-refractivity contribution in [2.75, 3.05) is 17.2 Å². The summed E-state index contributed by atoms with van der Waals surface area (Å²) in [6.07, 6.45) is 4.76. The molecule has 0 fully saturated rings. The van der Waals surface area contributed by atoms with Crippen LogP contribution in [0.25, 0.3) is 0 Å². The minimum absolute atomic E-state index is 0.194. The molecule has 0 spiro atoms. The predicted molar refractivity (Wildman–Crippen MR) is 106 cm³/mol. The van der Waals surface area contributed by atoms with E-state index in [1.165, 1.54) is 0 Å². The lowest BCUT2D eigenvalue weighted by Crippen LogP contribution is -2.12. The molecule has 0 aliphatic carbocycles. The molecule has 0 bridgehead atoms. The number of carbonyl (C=O) groups excluding carboxylic acids is 2. The number of aromatic nitrogens is 2. The van der Waals surface area contributed by atoms with Crippen LogP contribution in [-0.2, 0) is 11.3 Å². The first-order valence-electron chi connectivity index (χ1n) is 8.83. The number of nitrogens with zero attached hydrogens (tertiary/aromatic N) is 2. The van der Waals surface area contributed by atoms with E-state index >= 15 is 0 Å². The highest BCUT2D eigenvalue weighted by atomic mass is 16.5. The summed E-state index contributed by atoms with van der Waals surface area (Å²) in [5, 5.41) is 5.99. The number of hydrogen-bond donors (Lipinski definition) is 2. The van der Waals surface area contributed by atoms with Gasteiger partial charge in [0.15, 0.2) is 0 Å². The molecular weight excluding hydrogens is 356 g/mol. The normalized spacial score (nSPS) is 10.2. The monoisotopic (exact) mass is 376 g/mol. The number of nitrogens with one attached hydrogen (secondary N) is 2. The van der Waals surface area contributed by atoms with E-state index in [0.29, 0.717) is 35.8 Å². The van der Waals surface area contributed by atoms with E-state index in [1.807, 2.05) is 24.3 Å². The Bertz CT molecular complexity index is 943. The first-order chi connectivity index (χ1) is 13.7. The minimum Gasteiger partial charge on any atom is -0.462 e. The van der Waals surface area contributed by atoms with Gasteiger partial charge in [-0.15, -0.1) is 0 Å². The van der Waals surface area contributed by atoms with Crippen molar-refractivity contribution in [3.63, 3.8) is 0 Å².